The zero-order chi connectivity index (χ0) is 20.4. The van der Waals surface area contributed by atoms with Crippen LogP contribution in [0, 0.1) is 5.92 Å². The van der Waals surface area contributed by atoms with Crippen molar-refractivity contribution >= 4 is 17.4 Å². The normalized spacial score (nSPS) is 12.4. The predicted octanol–water partition coefficient (Wildman–Crippen LogP) is 4.40. The summed E-state index contributed by atoms with van der Waals surface area (Å²) < 4.78 is 0. The first-order valence-corrected chi connectivity index (χ1v) is 10.1. The number of nitrogens with one attached hydrogen (secondary N) is 1. The van der Waals surface area contributed by atoms with E-state index in [0.717, 1.165) is 46.7 Å². The molecule has 0 unspecified atom stereocenters. The van der Waals surface area contributed by atoms with Crippen molar-refractivity contribution in [2.75, 3.05) is 11.1 Å². The van der Waals surface area contributed by atoms with Crippen molar-refractivity contribution in [3.8, 4) is 11.3 Å². The average Bonchev–Trinajstić information content (AvgIpc) is 2.68. The van der Waals surface area contributed by atoms with Gasteiger partial charge in [0.1, 0.15) is 0 Å². The van der Waals surface area contributed by atoms with E-state index in [2.05, 4.69) is 17.4 Å². The summed E-state index contributed by atoms with van der Waals surface area (Å²) >= 11 is 0. The van der Waals surface area contributed by atoms with E-state index in [1.807, 2.05) is 50.2 Å². The maximum Gasteiger partial charge on any atom is 0.225 e. The monoisotopic (exact) mass is 386 g/mol. The van der Waals surface area contributed by atoms with E-state index < -0.39 is 0 Å². The highest BCUT2D eigenvalue weighted by Gasteiger charge is 2.22. The highest BCUT2D eigenvalue weighted by atomic mass is 16.1. The minimum atomic E-state index is -0.0208. The van der Waals surface area contributed by atoms with Crippen LogP contribution in [0.2, 0.25) is 0 Å². The molecule has 148 valence electrons. The van der Waals surface area contributed by atoms with E-state index in [1.54, 1.807) is 0 Å². The molecule has 5 heteroatoms. The van der Waals surface area contributed by atoms with Gasteiger partial charge in [-0.3, -0.25) is 4.79 Å². The number of fused-ring (bicyclic) bond motifs is 3. The van der Waals surface area contributed by atoms with Gasteiger partial charge in [0.05, 0.1) is 17.1 Å². The number of benzene rings is 2. The first-order valence-electron chi connectivity index (χ1n) is 10.1. The molecule has 0 bridgehead atoms. The Labute approximate surface area is 171 Å². The number of anilines is 2. The Morgan fingerprint density at radius 3 is 2.66 bits per heavy atom. The summed E-state index contributed by atoms with van der Waals surface area (Å²) in [7, 11) is 0. The number of nitrogens with two attached hydrogens (primary N) is 1. The molecule has 3 aromatic rings. The van der Waals surface area contributed by atoms with Gasteiger partial charge in [-0.2, -0.15) is 0 Å². The fourth-order valence-corrected chi connectivity index (χ4v) is 3.77. The SMILES string of the molecule is CC(C)CC(=O)Nc1nc2c(nc1Cc1ccccc1)-c1ccc(N)cc1CC2. The molecule has 0 aliphatic heterocycles. The topological polar surface area (TPSA) is 80.9 Å². The van der Waals surface area contributed by atoms with Gasteiger partial charge in [-0.05, 0) is 42.0 Å². The van der Waals surface area contributed by atoms with Crippen LogP contribution in [0.4, 0.5) is 11.5 Å². The molecule has 4 rings (SSSR count). The Morgan fingerprint density at radius 1 is 1.10 bits per heavy atom. The van der Waals surface area contributed by atoms with E-state index in [9.17, 15) is 4.79 Å². The summed E-state index contributed by atoms with van der Waals surface area (Å²) in [5.74, 6) is 0.847. The molecule has 0 radical (unpaired) electrons. The van der Waals surface area contributed by atoms with Crippen LogP contribution in [0.1, 0.15) is 42.8 Å². The third-order valence-corrected chi connectivity index (χ3v) is 5.12. The molecular weight excluding hydrogens is 360 g/mol. The van der Waals surface area contributed by atoms with Gasteiger partial charge < -0.3 is 11.1 Å². The van der Waals surface area contributed by atoms with Crippen molar-refractivity contribution in [2.24, 2.45) is 5.92 Å². The van der Waals surface area contributed by atoms with Crippen molar-refractivity contribution in [3.63, 3.8) is 0 Å². The lowest BCUT2D eigenvalue weighted by atomic mass is 9.91. The van der Waals surface area contributed by atoms with Crippen molar-refractivity contribution in [3.05, 3.63) is 71.0 Å². The standard InChI is InChI=1S/C24H26N4O/c1-15(2)12-22(29)28-24-21(13-16-6-4-3-5-7-16)26-23-19-10-9-18(25)14-17(19)8-11-20(23)27-24/h3-7,9-10,14-15H,8,11-13,25H2,1-2H3,(H,27,28,29). The largest absolute Gasteiger partial charge is 0.399 e. The van der Waals surface area contributed by atoms with Gasteiger partial charge in [0.2, 0.25) is 5.91 Å². The quantitative estimate of drug-likeness (QED) is 0.637. The maximum atomic E-state index is 12.4. The molecule has 1 aliphatic rings. The number of amides is 1. The third-order valence-electron chi connectivity index (χ3n) is 5.12. The fourth-order valence-electron chi connectivity index (χ4n) is 3.77. The smallest absolute Gasteiger partial charge is 0.225 e. The van der Waals surface area contributed by atoms with Gasteiger partial charge in [-0.25, -0.2) is 9.97 Å². The number of nitrogen functional groups attached to an aromatic ring is 1. The van der Waals surface area contributed by atoms with Gasteiger partial charge in [0.25, 0.3) is 0 Å². The van der Waals surface area contributed by atoms with Crippen LogP contribution in [0.3, 0.4) is 0 Å². The van der Waals surface area contributed by atoms with Crippen molar-refractivity contribution in [1.82, 2.24) is 9.97 Å². The summed E-state index contributed by atoms with van der Waals surface area (Å²) in [6, 6.07) is 16.1. The Kier molecular flexibility index (Phi) is 5.30. The molecule has 1 aliphatic carbocycles. The number of aromatic nitrogens is 2. The first-order chi connectivity index (χ1) is 14.0. The number of nitrogens with zero attached hydrogens (tertiary/aromatic N) is 2. The molecule has 0 atom stereocenters. The van der Waals surface area contributed by atoms with E-state index in [1.165, 1.54) is 5.56 Å². The van der Waals surface area contributed by atoms with Crippen LogP contribution in [0.25, 0.3) is 11.3 Å². The summed E-state index contributed by atoms with van der Waals surface area (Å²) in [5.41, 5.74) is 12.8. The Balaban J connectivity index is 1.76. The molecule has 1 heterocycles. The Bertz CT molecular complexity index is 1040. The molecule has 2 aromatic carbocycles. The molecular formula is C24H26N4O. The number of hydrogen-bond donors (Lipinski definition) is 2. The van der Waals surface area contributed by atoms with Crippen LogP contribution < -0.4 is 11.1 Å². The van der Waals surface area contributed by atoms with Gasteiger partial charge in [-0.15, -0.1) is 0 Å². The minimum absolute atomic E-state index is 0.0208. The predicted molar refractivity (Wildman–Crippen MR) is 117 cm³/mol. The summed E-state index contributed by atoms with van der Waals surface area (Å²) in [5, 5.41) is 3.01. The lowest BCUT2D eigenvalue weighted by molar-refractivity contribution is -0.116. The second-order valence-corrected chi connectivity index (χ2v) is 8.04. The highest BCUT2D eigenvalue weighted by molar-refractivity contribution is 5.90. The maximum absolute atomic E-state index is 12.4. The van der Waals surface area contributed by atoms with Crippen LogP contribution in [0.15, 0.2) is 48.5 Å². The summed E-state index contributed by atoms with van der Waals surface area (Å²) in [4.78, 5) is 22.3. The zero-order valence-corrected chi connectivity index (χ0v) is 16.9. The summed E-state index contributed by atoms with van der Waals surface area (Å²) in [6.07, 6.45) is 2.74. The van der Waals surface area contributed by atoms with E-state index in [-0.39, 0.29) is 11.8 Å². The molecule has 3 N–H and O–H groups in total. The van der Waals surface area contributed by atoms with Gasteiger partial charge >= 0.3 is 0 Å². The molecule has 0 spiro atoms. The number of carbonyl (C=O) groups excluding carboxylic acids is 1. The van der Waals surface area contributed by atoms with Crippen LogP contribution >= 0.6 is 0 Å². The highest BCUT2D eigenvalue weighted by Crippen LogP contribution is 2.34. The third kappa shape index (κ3) is 4.29. The first kappa shape index (κ1) is 19.1. The molecule has 29 heavy (non-hydrogen) atoms. The lowest BCUT2D eigenvalue weighted by Crippen LogP contribution is -2.19. The summed E-state index contributed by atoms with van der Waals surface area (Å²) in [6.45, 7) is 4.07. The average molecular weight is 386 g/mol. The van der Waals surface area contributed by atoms with E-state index in [0.29, 0.717) is 18.7 Å². The molecule has 0 fully saturated rings. The van der Waals surface area contributed by atoms with Crippen molar-refractivity contribution in [1.29, 1.82) is 0 Å². The molecule has 1 aromatic heterocycles. The Morgan fingerprint density at radius 2 is 1.90 bits per heavy atom. The number of rotatable bonds is 5. The zero-order valence-electron chi connectivity index (χ0n) is 16.9. The molecule has 0 saturated carbocycles. The van der Waals surface area contributed by atoms with Crippen LogP contribution in [-0.2, 0) is 24.1 Å². The number of aryl methyl sites for hydroxylation is 2. The van der Waals surface area contributed by atoms with Gasteiger partial charge in [0.15, 0.2) is 5.82 Å². The van der Waals surface area contributed by atoms with E-state index >= 15 is 0 Å². The minimum Gasteiger partial charge on any atom is -0.399 e. The van der Waals surface area contributed by atoms with Crippen LogP contribution in [0.5, 0.6) is 0 Å². The van der Waals surface area contributed by atoms with Crippen molar-refractivity contribution < 1.29 is 4.79 Å². The van der Waals surface area contributed by atoms with E-state index in [4.69, 9.17) is 15.7 Å². The lowest BCUT2D eigenvalue weighted by Gasteiger charge is -2.21. The second-order valence-electron chi connectivity index (χ2n) is 8.04. The number of hydrogen-bond acceptors (Lipinski definition) is 4. The molecule has 5 nitrogen and oxygen atoms in total. The van der Waals surface area contributed by atoms with Gasteiger partial charge in [0, 0.05) is 24.1 Å². The fraction of sp³-hybridized carbons (Fsp3) is 0.292. The Hall–Kier alpha value is -3.21. The molecule has 1 amide bonds. The van der Waals surface area contributed by atoms with Crippen molar-refractivity contribution in [2.45, 2.75) is 39.5 Å². The second kappa shape index (κ2) is 8.03. The molecule has 0 saturated heterocycles. The van der Waals surface area contributed by atoms with Crippen LogP contribution in [-0.4, -0.2) is 15.9 Å². The van der Waals surface area contributed by atoms with Gasteiger partial charge in [-0.1, -0.05) is 50.2 Å². The number of carbonyl (C=O) groups is 1.